The van der Waals surface area contributed by atoms with Crippen LogP contribution < -0.4 is 0 Å². The highest BCUT2D eigenvalue weighted by Crippen LogP contribution is 2.28. The molecule has 3 rings (SSSR count). The fourth-order valence-electron chi connectivity index (χ4n) is 2.56. The molecule has 0 aliphatic heterocycles. The van der Waals surface area contributed by atoms with Crippen molar-refractivity contribution in [2.75, 3.05) is 6.61 Å². The molecule has 2 aromatic carbocycles. The molecule has 0 aliphatic carbocycles. The van der Waals surface area contributed by atoms with Crippen LogP contribution in [0.3, 0.4) is 0 Å². The number of carbonyl (C=O) groups excluding carboxylic acids is 2. The van der Waals surface area contributed by atoms with E-state index in [1.54, 1.807) is 57.2 Å². The van der Waals surface area contributed by atoms with Gasteiger partial charge in [-0.3, -0.25) is 4.79 Å². The van der Waals surface area contributed by atoms with Gasteiger partial charge in [0.1, 0.15) is 0 Å². The lowest BCUT2D eigenvalue weighted by Gasteiger charge is -2.16. The predicted molar refractivity (Wildman–Crippen MR) is 112 cm³/mol. The number of fused-ring (bicyclic) bond motifs is 1. The van der Waals surface area contributed by atoms with E-state index in [9.17, 15) is 9.59 Å². The van der Waals surface area contributed by atoms with Gasteiger partial charge in [0.05, 0.1) is 16.8 Å². The number of pyridine rings is 1. The van der Waals surface area contributed by atoms with E-state index in [2.05, 4.69) is 4.98 Å². The monoisotopic (exact) mass is 415 g/mol. The van der Waals surface area contributed by atoms with Gasteiger partial charge in [-0.25, -0.2) is 9.78 Å². The first-order valence-corrected chi connectivity index (χ1v) is 9.47. The third-order valence-electron chi connectivity index (χ3n) is 4.30. The van der Waals surface area contributed by atoms with Crippen LogP contribution in [0.5, 0.6) is 0 Å². The van der Waals surface area contributed by atoms with Crippen molar-refractivity contribution in [1.82, 2.24) is 4.98 Å². The minimum Gasteiger partial charge on any atom is -0.454 e. The van der Waals surface area contributed by atoms with Crippen molar-refractivity contribution in [2.24, 2.45) is 5.41 Å². The van der Waals surface area contributed by atoms with Crippen LogP contribution in [0.25, 0.3) is 22.2 Å². The summed E-state index contributed by atoms with van der Waals surface area (Å²) < 4.78 is 5.29. The Morgan fingerprint density at radius 3 is 2.25 bits per heavy atom. The van der Waals surface area contributed by atoms with E-state index >= 15 is 0 Å². The first-order valence-electron chi connectivity index (χ1n) is 8.72. The van der Waals surface area contributed by atoms with Crippen LogP contribution in [0.4, 0.5) is 0 Å². The second-order valence-electron chi connectivity index (χ2n) is 7.47. The van der Waals surface area contributed by atoms with Gasteiger partial charge in [0.15, 0.2) is 12.4 Å². The van der Waals surface area contributed by atoms with Crippen molar-refractivity contribution < 1.29 is 14.3 Å². The van der Waals surface area contributed by atoms with Crippen LogP contribution in [0.2, 0.25) is 10.0 Å². The van der Waals surface area contributed by atoms with E-state index in [0.29, 0.717) is 32.2 Å². The zero-order valence-corrected chi connectivity index (χ0v) is 17.3. The summed E-state index contributed by atoms with van der Waals surface area (Å²) in [5, 5.41) is 1.66. The number of halogens is 2. The average molecular weight is 416 g/mol. The normalized spacial score (nSPS) is 11.5. The molecule has 0 atom stereocenters. The first-order chi connectivity index (χ1) is 13.1. The molecule has 1 heterocycles. The zero-order valence-electron chi connectivity index (χ0n) is 15.8. The largest absolute Gasteiger partial charge is 0.454 e. The molecule has 0 saturated heterocycles. The van der Waals surface area contributed by atoms with E-state index in [1.807, 2.05) is 12.1 Å². The molecule has 0 bridgehead atoms. The van der Waals surface area contributed by atoms with Crippen LogP contribution in [0, 0.1) is 5.41 Å². The van der Waals surface area contributed by atoms with Crippen LogP contribution in [0.1, 0.15) is 31.1 Å². The highest BCUT2D eigenvalue weighted by Gasteiger charge is 2.24. The Balaban J connectivity index is 2.03. The smallest absolute Gasteiger partial charge is 0.339 e. The van der Waals surface area contributed by atoms with E-state index in [-0.39, 0.29) is 12.4 Å². The van der Waals surface area contributed by atoms with Crippen LogP contribution >= 0.6 is 23.2 Å². The zero-order chi connectivity index (χ0) is 20.5. The second-order valence-corrected chi connectivity index (χ2v) is 8.35. The molecule has 0 spiro atoms. The number of ketones is 1. The van der Waals surface area contributed by atoms with Gasteiger partial charge in [-0.1, -0.05) is 56.1 Å². The molecule has 4 nitrogen and oxygen atoms in total. The van der Waals surface area contributed by atoms with Crippen LogP contribution in [-0.4, -0.2) is 23.3 Å². The third-order valence-corrected chi connectivity index (χ3v) is 4.79. The molecule has 6 heteroatoms. The quantitative estimate of drug-likeness (QED) is 0.491. The molecule has 0 amide bonds. The van der Waals surface area contributed by atoms with E-state index in [1.165, 1.54) is 0 Å². The van der Waals surface area contributed by atoms with Crippen molar-refractivity contribution in [3.63, 3.8) is 0 Å². The SMILES string of the molecule is CC(C)(C)C(=O)COC(=O)c1cc(-c2ccc(Cl)cc2)nc2ccc(Cl)cc12. The van der Waals surface area contributed by atoms with E-state index < -0.39 is 11.4 Å². The van der Waals surface area contributed by atoms with Crippen molar-refractivity contribution in [3.8, 4) is 11.3 Å². The van der Waals surface area contributed by atoms with E-state index in [0.717, 1.165) is 5.56 Å². The maximum absolute atomic E-state index is 12.8. The van der Waals surface area contributed by atoms with Gasteiger partial charge in [-0.05, 0) is 36.4 Å². The standard InChI is InChI=1S/C22H19Cl2NO3/c1-22(2,3)20(26)12-28-21(27)17-11-19(13-4-6-14(23)7-5-13)25-18-9-8-15(24)10-16(17)18/h4-11H,12H2,1-3H3. The van der Waals surface area contributed by atoms with Crippen molar-refractivity contribution in [1.29, 1.82) is 0 Å². The number of benzene rings is 2. The minimum atomic E-state index is -0.595. The minimum absolute atomic E-state index is 0.157. The maximum atomic E-state index is 12.8. The summed E-state index contributed by atoms with van der Waals surface area (Å²) in [5.74, 6) is -0.752. The Morgan fingerprint density at radius 2 is 1.61 bits per heavy atom. The second kappa shape index (κ2) is 7.90. The Labute approximate surface area is 173 Å². The number of carbonyl (C=O) groups is 2. The fraction of sp³-hybridized carbons (Fsp3) is 0.227. The molecule has 0 N–H and O–H groups in total. The molecule has 1 aromatic heterocycles. The number of aromatic nitrogens is 1. The summed E-state index contributed by atoms with van der Waals surface area (Å²) in [4.78, 5) is 29.5. The molecular weight excluding hydrogens is 397 g/mol. The molecule has 0 aliphatic rings. The number of Topliss-reactive ketones (excluding diaryl/α,β-unsaturated/α-hetero) is 1. The van der Waals surface area contributed by atoms with Crippen LogP contribution in [0.15, 0.2) is 48.5 Å². The van der Waals surface area contributed by atoms with Gasteiger partial charge in [0.25, 0.3) is 0 Å². The molecule has 0 fully saturated rings. The summed E-state index contributed by atoms with van der Waals surface area (Å²) in [6, 6.07) is 13.9. The number of hydrogen-bond donors (Lipinski definition) is 0. The van der Waals surface area contributed by atoms with Gasteiger partial charge in [0, 0.05) is 26.4 Å². The Morgan fingerprint density at radius 1 is 0.964 bits per heavy atom. The Hall–Kier alpha value is -2.43. The van der Waals surface area contributed by atoms with Gasteiger partial charge >= 0.3 is 5.97 Å². The Kier molecular flexibility index (Phi) is 5.73. The summed E-state index contributed by atoms with van der Waals surface area (Å²) in [6.45, 7) is 5.05. The predicted octanol–water partition coefficient (Wildman–Crippen LogP) is 5.98. The number of rotatable bonds is 4. The van der Waals surface area contributed by atoms with Gasteiger partial charge in [0.2, 0.25) is 0 Å². The number of ether oxygens (including phenoxy) is 1. The van der Waals surface area contributed by atoms with Gasteiger partial charge < -0.3 is 4.74 Å². The summed E-state index contributed by atoms with van der Waals surface area (Å²) in [6.07, 6.45) is 0. The summed E-state index contributed by atoms with van der Waals surface area (Å²) in [5.41, 5.74) is 1.73. The number of nitrogens with zero attached hydrogens (tertiary/aromatic N) is 1. The highest BCUT2D eigenvalue weighted by molar-refractivity contribution is 6.31. The maximum Gasteiger partial charge on any atom is 0.339 e. The molecule has 0 unspecified atom stereocenters. The Bertz CT molecular complexity index is 1050. The number of hydrogen-bond acceptors (Lipinski definition) is 4. The average Bonchev–Trinajstić information content (AvgIpc) is 2.64. The molecule has 0 saturated carbocycles. The number of esters is 1. The summed E-state index contributed by atoms with van der Waals surface area (Å²) >= 11 is 12.1. The molecule has 28 heavy (non-hydrogen) atoms. The highest BCUT2D eigenvalue weighted by atomic mass is 35.5. The lowest BCUT2D eigenvalue weighted by Crippen LogP contribution is -2.26. The topological polar surface area (TPSA) is 56.3 Å². The molecule has 3 aromatic rings. The lowest BCUT2D eigenvalue weighted by molar-refractivity contribution is -0.129. The molecule has 144 valence electrons. The first kappa shape index (κ1) is 20.3. The van der Waals surface area contributed by atoms with E-state index in [4.69, 9.17) is 27.9 Å². The van der Waals surface area contributed by atoms with Crippen molar-refractivity contribution >= 4 is 45.9 Å². The van der Waals surface area contributed by atoms with Crippen molar-refractivity contribution in [3.05, 3.63) is 64.1 Å². The van der Waals surface area contributed by atoms with Crippen LogP contribution in [-0.2, 0) is 9.53 Å². The third kappa shape index (κ3) is 4.51. The van der Waals surface area contributed by atoms with Crippen molar-refractivity contribution in [2.45, 2.75) is 20.8 Å². The molecular formula is C22H19Cl2NO3. The molecule has 0 radical (unpaired) electrons. The summed E-state index contributed by atoms with van der Waals surface area (Å²) in [7, 11) is 0. The van der Waals surface area contributed by atoms with Gasteiger partial charge in [-0.15, -0.1) is 0 Å². The van der Waals surface area contributed by atoms with Gasteiger partial charge in [-0.2, -0.15) is 0 Å². The fourth-order valence-corrected chi connectivity index (χ4v) is 2.86. The lowest BCUT2D eigenvalue weighted by atomic mass is 9.91.